The van der Waals surface area contributed by atoms with Crippen LogP contribution in [0.2, 0.25) is 0 Å². The highest BCUT2D eigenvalue weighted by molar-refractivity contribution is 14.0. The molecule has 1 atom stereocenters. The predicted octanol–water partition coefficient (Wildman–Crippen LogP) is 2.96. The maximum atomic E-state index is 10.5. The zero-order chi connectivity index (χ0) is 15.8. The Bertz CT molecular complexity index is 568. The first-order valence-corrected chi connectivity index (χ1v) is 8.35. The molecule has 0 aromatic carbocycles. The van der Waals surface area contributed by atoms with Crippen LogP contribution >= 0.6 is 35.3 Å². The first kappa shape index (κ1) is 20.0. The fraction of sp³-hybridized carbons (Fsp3) is 0.438. The minimum Gasteiger partial charge on any atom is -0.469 e. The highest BCUT2D eigenvalue weighted by Gasteiger charge is 2.23. The highest BCUT2D eigenvalue weighted by Crippen LogP contribution is 2.23. The summed E-state index contributed by atoms with van der Waals surface area (Å²) in [6.45, 7) is 5.60. The molecule has 0 aliphatic carbocycles. The van der Waals surface area contributed by atoms with Crippen molar-refractivity contribution >= 4 is 41.3 Å². The molecule has 2 aromatic heterocycles. The summed E-state index contributed by atoms with van der Waals surface area (Å²) in [4.78, 5) is 4.48. The van der Waals surface area contributed by atoms with E-state index < -0.39 is 5.60 Å². The van der Waals surface area contributed by atoms with E-state index in [1.54, 1.807) is 24.5 Å². The zero-order valence-corrected chi connectivity index (χ0v) is 16.6. The summed E-state index contributed by atoms with van der Waals surface area (Å²) in [7, 11) is 0. The van der Waals surface area contributed by atoms with Gasteiger partial charge in [0.1, 0.15) is 11.4 Å². The summed E-state index contributed by atoms with van der Waals surface area (Å²) in [6.07, 6.45) is 2.46. The van der Waals surface area contributed by atoms with Crippen LogP contribution in [0.5, 0.6) is 0 Å². The molecule has 2 rings (SSSR count). The lowest BCUT2D eigenvalue weighted by Crippen LogP contribution is -2.39. The second kappa shape index (κ2) is 9.94. The van der Waals surface area contributed by atoms with Gasteiger partial charge in [-0.2, -0.15) is 11.3 Å². The molecule has 0 aliphatic heterocycles. The van der Waals surface area contributed by atoms with Crippen LogP contribution in [0.3, 0.4) is 0 Å². The summed E-state index contributed by atoms with van der Waals surface area (Å²) in [6, 6.07) is 5.76. The average molecular weight is 449 g/mol. The molecule has 0 aliphatic rings. The van der Waals surface area contributed by atoms with Gasteiger partial charge >= 0.3 is 0 Å². The Hall–Kier alpha value is -1.06. The molecule has 0 spiro atoms. The molecular weight excluding hydrogens is 425 g/mol. The number of thiophene rings is 1. The number of nitrogens with zero attached hydrogens (tertiary/aromatic N) is 1. The van der Waals surface area contributed by atoms with Crippen LogP contribution < -0.4 is 10.6 Å². The van der Waals surface area contributed by atoms with Crippen molar-refractivity contribution in [2.75, 3.05) is 19.6 Å². The van der Waals surface area contributed by atoms with E-state index in [0.29, 0.717) is 12.5 Å². The fourth-order valence-electron chi connectivity index (χ4n) is 2.00. The van der Waals surface area contributed by atoms with Crippen LogP contribution in [0, 0.1) is 0 Å². The van der Waals surface area contributed by atoms with E-state index in [4.69, 9.17) is 4.42 Å². The van der Waals surface area contributed by atoms with E-state index in [-0.39, 0.29) is 24.0 Å². The van der Waals surface area contributed by atoms with Gasteiger partial charge in [-0.15, -0.1) is 24.0 Å². The molecule has 3 N–H and O–H groups in total. The standard InChI is InChI=1S/C16H23N3O2S.HI/c1-3-17-15(18-8-6-14-5-4-9-21-14)19-12-16(2,20)13-7-10-22-11-13;/h4-5,7,9-11,20H,3,6,8,12H2,1-2H3,(H2,17,18,19);1H. The maximum Gasteiger partial charge on any atom is 0.191 e. The van der Waals surface area contributed by atoms with Crippen LogP contribution in [0.4, 0.5) is 0 Å². The topological polar surface area (TPSA) is 69.8 Å². The highest BCUT2D eigenvalue weighted by atomic mass is 127. The molecule has 0 saturated carbocycles. The summed E-state index contributed by atoms with van der Waals surface area (Å²) in [5.41, 5.74) is -0.0590. The van der Waals surface area contributed by atoms with Gasteiger partial charge < -0.3 is 20.2 Å². The molecule has 128 valence electrons. The largest absolute Gasteiger partial charge is 0.469 e. The molecule has 1 unspecified atom stereocenters. The van der Waals surface area contributed by atoms with Gasteiger partial charge in [-0.3, -0.25) is 0 Å². The Kier molecular flexibility index (Phi) is 8.64. The molecule has 5 nitrogen and oxygen atoms in total. The van der Waals surface area contributed by atoms with Gasteiger partial charge in [-0.05, 0) is 48.4 Å². The quantitative estimate of drug-likeness (QED) is 0.346. The molecule has 0 bridgehead atoms. The summed E-state index contributed by atoms with van der Waals surface area (Å²) < 4.78 is 5.30. The summed E-state index contributed by atoms with van der Waals surface area (Å²) in [5.74, 6) is 1.64. The number of furan rings is 1. The molecule has 0 amide bonds. The van der Waals surface area contributed by atoms with Crippen molar-refractivity contribution in [3.63, 3.8) is 0 Å². The Balaban J connectivity index is 0.00000264. The van der Waals surface area contributed by atoms with Crippen molar-refractivity contribution in [1.82, 2.24) is 10.6 Å². The smallest absolute Gasteiger partial charge is 0.191 e. The number of aliphatic imine (C=N–C) groups is 1. The number of hydrogen-bond acceptors (Lipinski definition) is 4. The number of halogens is 1. The van der Waals surface area contributed by atoms with Crippen molar-refractivity contribution in [1.29, 1.82) is 0 Å². The van der Waals surface area contributed by atoms with Gasteiger partial charge in [0.2, 0.25) is 0 Å². The Morgan fingerprint density at radius 2 is 2.22 bits per heavy atom. The van der Waals surface area contributed by atoms with Crippen molar-refractivity contribution in [2.45, 2.75) is 25.9 Å². The normalized spacial score (nSPS) is 14.0. The number of rotatable bonds is 7. The summed E-state index contributed by atoms with van der Waals surface area (Å²) >= 11 is 1.57. The van der Waals surface area contributed by atoms with Gasteiger partial charge in [-0.25, -0.2) is 4.99 Å². The molecule has 0 fully saturated rings. The molecule has 2 heterocycles. The second-order valence-electron chi connectivity index (χ2n) is 5.24. The number of aliphatic hydroxyl groups is 1. The minimum absolute atomic E-state index is 0. The van der Waals surface area contributed by atoms with E-state index in [9.17, 15) is 5.11 Å². The third kappa shape index (κ3) is 6.52. The van der Waals surface area contributed by atoms with Gasteiger partial charge in [0.05, 0.1) is 12.8 Å². The van der Waals surface area contributed by atoms with Crippen LogP contribution in [-0.4, -0.2) is 30.7 Å². The number of nitrogens with one attached hydrogen (secondary N) is 2. The molecule has 2 aromatic rings. The molecule has 0 radical (unpaired) electrons. The lowest BCUT2D eigenvalue weighted by atomic mass is 10.00. The van der Waals surface area contributed by atoms with Crippen LogP contribution in [0.1, 0.15) is 25.2 Å². The monoisotopic (exact) mass is 449 g/mol. The second-order valence-corrected chi connectivity index (χ2v) is 6.02. The minimum atomic E-state index is -0.955. The van der Waals surface area contributed by atoms with Crippen molar-refractivity contribution in [2.24, 2.45) is 4.99 Å². The van der Waals surface area contributed by atoms with Crippen LogP contribution in [-0.2, 0) is 12.0 Å². The number of hydrogen-bond donors (Lipinski definition) is 3. The van der Waals surface area contributed by atoms with E-state index in [2.05, 4.69) is 15.6 Å². The average Bonchev–Trinajstić information content (AvgIpc) is 3.18. The zero-order valence-electron chi connectivity index (χ0n) is 13.4. The Morgan fingerprint density at radius 3 is 2.83 bits per heavy atom. The van der Waals surface area contributed by atoms with E-state index in [0.717, 1.165) is 30.8 Å². The van der Waals surface area contributed by atoms with E-state index in [1.165, 1.54) is 0 Å². The van der Waals surface area contributed by atoms with Gasteiger partial charge in [0, 0.05) is 19.5 Å². The number of guanidine groups is 1. The van der Waals surface area contributed by atoms with Crippen LogP contribution in [0.25, 0.3) is 0 Å². The molecule has 23 heavy (non-hydrogen) atoms. The van der Waals surface area contributed by atoms with E-state index >= 15 is 0 Å². The van der Waals surface area contributed by atoms with Gasteiger partial charge in [0.15, 0.2) is 5.96 Å². The lowest BCUT2D eigenvalue weighted by Gasteiger charge is -2.21. The Labute approximate surface area is 158 Å². The SMILES string of the molecule is CCNC(=NCC(C)(O)c1ccsc1)NCCc1ccco1.I. The first-order valence-electron chi connectivity index (χ1n) is 7.41. The maximum absolute atomic E-state index is 10.5. The fourth-order valence-corrected chi connectivity index (χ4v) is 2.78. The molecule has 7 heteroatoms. The van der Waals surface area contributed by atoms with Crippen LogP contribution in [0.15, 0.2) is 44.6 Å². The molecular formula is C16H24IN3O2S. The van der Waals surface area contributed by atoms with Crippen molar-refractivity contribution < 1.29 is 9.52 Å². The Morgan fingerprint density at radius 1 is 1.39 bits per heavy atom. The van der Waals surface area contributed by atoms with E-state index in [1.807, 2.05) is 35.9 Å². The lowest BCUT2D eigenvalue weighted by molar-refractivity contribution is 0.0677. The van der Waals surface area contributed by atoms with Crippen molar-refractivity contribution in [3.8, 4) is 0 Å². The third-order valence-electron chi connectivity index (χ3n) is 3.28. The van der Waals surface area contributed by atoms with Gasteiger partial charge in [-0.1, -0.05) is 0 Å². The predicted molar refractivity (Wildman–Crippen MR) is 106 cm³/mol. The molecule has 0 saturated heterocycles. The third-order valence-corrected chi connectivity index (χ3v) is 3.96. The first-order chi connectivity index (χ1) is 10.6. The van der Waals surface area contributed by atoms with Gasteiger partial charge in [0.25, 0.3) is 0 Å². The summed E-state index contributed by atoms with van der Waals surface area (Å²) in [5, 5.41) is 20.8. The van der Waals surface area contributed by atoms with Crippen molar-refractivity contribution in [3.05, 3.63) is 46.5 Å².